The summed E-state index contributed by atoms with van der Waals surface area (Å²) >= 11 is 0. The second-order valence-electron chi connectivity index (χ2n) is 4.58. The number of amides is 1. The van der Waals surface area contributed by atoms with Gasteiger partial charge in [-0.2, -0.15) is 0 Å². The molecule has 0 aliphatic carbocycles. The van der Waals surface area contributed by atoms with Crippen LogP contribution in [0.4, 0.5) is 11.4 Å². The molecule has 5 heteroatoms. The van der Waals surface area contributed by atoms with Gasteiger partial charge in [-0.1, -0.05) is 12.1 Å². The number of pyridine rings is 1. The van der Waals surface area contributed by atoms with Crippen LogP contribution in [0.25, 0.3) is 0 Å². The number of carbonyl (C=O) groups is 1. The van der Waals surface area contributed by atoms with Crippen molar-refractivity contribution in [2.75, 3.05) is 11.1 Å². The second-order valence-corrected chi connectivity index (χ2v) is 4.58. The number of rotatable bonds is 4. The Labute approximate surface area is 117 Å². The van der Waals surface area contributed by atoms with Crippen molar-refractivity contribution in [1.82, 2.24) is 4.98 Å². The first-order chi connectivity index (χ1) is 9.58. The third-order valence-corrected chi connectivity index (χ3v) is 2.60. The van der Waals surface area contributed by atoms with Gasteiger partial charge >= 0.3 is 0 Å². The van der Waals surface area contributed by atoms with Crippen LogP contribution in [0.1, 0.15) is 24.2 Å². The van der Waals surface area contributed by atoms with Crippen molar-refractivity contribution in [3.63, 3.8) is 0 Å². The van der Waals surface area contributed by atoms with Gasteiger partial charge in [-0.15, -0.1) is 0 Å². The lowest BCUT2D eigenvalue weighted by Gasteiger charge is -2.15. The van der Waals surface area contributed by atoms with E-state index in [-0.39, 0.29) is 12.0 Å². The van der Waals surface area contributed by atoms with Crippen LogP contribution in [0.5, 0.6) is 5.75 Å². The molecular formula is C15H17N3O2. The molecule has 1 aromatic heterocycles. The van der Waals surface area contributed by atoms with Crippen LogP contribution in [-0.2, 0) is 0 Å². The van der Waals surface area contributed by atoms with Gasteiger partial charge in [0.2, 0.25) is 0 Å². The van der Waals surface area contributed by atoms with Gasteiger partial charge in [0.1, 0.15) is 5.75 Å². The van der Waals surface area contributed by atoms with Crippen LogP contribution in [0.3, 0.4) is 0 Å². The van der Waals surface area contributed by atoms with Crippen LogP contribution in [0.2, 0.25) is 0 Å². The molecule has 0 atom stereocenters. The van der Waals surface area contributed by atoms with E-state index in [1.165, 1.54) is 6.20 Å². The third-order valence-electron chi connectivity index (χ3n) is 2.60. The Balaban J connectivity index is 2.22. The number of anilines is 2. The summed E-state index contributed by atoms with van der Waals surface area (Å²) in [5.74, 6) is 0.314. The maximum absolute atomic E-state index is 12.2. The smallest absolute Gasteiger partial charge is 0.259 e. The minimum absolute atomic E-state index is 0.0245. The molecule has 104 valence electrons. The summed E-state index contributed by atoms with van der Waals surface area (Å²) in [6.45, 7) is 3.86. The number of para-hydroxylation sites is 2. The Morgan fingerprint density at radius 1 is 1.30 bits per heavy atom. The lowest BCUT2D eigenvalue weighted by atomic mass is 10.2. The topological polar surface area (TPSA) is 77.2 Å². The van der Waals surface area contributed by atoms with Crippen LogP contribution in [-0.4, -0.2) is 17.0 Å². The summed E-state index contributed by atoms with van der Waals surface area (Å²) in [5, 5.41) is 2.79. The van der Waals surface area contributed by atoms with E-state index in [2.05, 4.69) is 10.3 Å². The summed E-state index contributed by atoms with van der Waals surface area (Å²) in [4.78, 5) is 16.1. The van der Waals surface area contributed by atoms with Gasteiger partial charge in [-0.25, -0.2) is 0 Å². The van der Waals surface area contributed by atoms with Crippen molar-refractivity contribution in [3.05, 3.63) is 48.3 Å². The minimum atomic E-state index is -0.310. The predicted molar refractivity (Wildman–Crippen MR) is 78.8 cm³/mol. The van der Waals surface area contributed by atoms with Gasteiger partial charge in [-0.05, 0) is 32.0 Å². The maximum atomic E-state index is 12.2. The van der Waals surface area contributed by atoms with Gasteiger partial charge < -0.3 is 15.8 Å². The van der Waals surface area contributed by atoms with E-state index in [0.717, 1.165) is 0 Å². The number of hydrogen-bond donors (Lipinski definition) is 2. The fraction of sp³-hybridized carbons (Fsp3) is 0.200. The number of nitrogens with zero attached hydrogens (tertiary/aromatic N) is 1. The molecule has 5 nitrogen and oxygen atoms in total. The molecule has 1 aromatic carbocycles. The zero-order valence-corrected chi connectivity index (χ0v) is 11.5. The van der Waals surface area contributed by atoms with Gasteiger partial charge in [0.25, 0.3) is 5.91 Å². The SMILES string of the molecule is CC(C)Oc1ccccc1NC(=O)c1cnccc1N. The van der Waals surface area contributed by atoms with Crippen molar-refractivity contribution in [2.24, 2.45) is 0 Å². The summed E-state index contributed by atoms with van der Waals surface area (Å²) in [6, 6.07) is 8.86. The average molecular weight is 271 g/mol. The normalized spacial score (nSPS) is 10.3. The highest BCUT2D eigenvalue weighted by molar-refractivity contribution is 6.08. The van der Waals surface area contributed by atoms with Crippen molar-refractivity contribution in [1.29, 1.82) is 0 Å². The van der Waals surface area contributed by atoms with Crippen molar-refractivity contribution in [3.8, 4) is 5.75 Å². The highest BCUT2D eigenvalue weighted by Gasteiger charge is 2.12. The van der Waals surface area contributed by atoms with Crippen LogP contribution >= 0.6 is 0 Å². The zero-order chi connectivity index (χ0) is 14.5. The summed E-state index contributed by atoms with van der Waals surface area (Å²) in [6.07, 6.45) is 3.01. The molecule has 0 unspecified atom stereocenters. The Morgan fingerprint density at radius 3 is 2.75 bits per heavy atom. The molecule has 20 heavy (non-hydrogen) atoms. The lowest BCUT2D eigenvalue weighted by molar-refractivity contribution is 0.102. The quantitative estimate of drug-likeness (QED) is 0.896. The predicted octanol–water partition coefficient (Wildman–Crippen LogP) is 2.70. The molecule has 0 spiro atoms. The fourth-order valence-corrected chi connectivity index (χ4v) is 1.71. The van der Waals surface area contributed by atoms with Crippen molar-refractivity contribution < 1.29 is 9.53 Å². The zero-order valence-electron chi connectivity index (χ0n) is 11.5. The highest BCUT2D eigenvalue weighted by atomic mass is 16.5. The van der Waals surface area contributed by atoms with E-state index < -0.39 is 0 Å². The molecule has 0 radical (unpaired) electrons. The highest BCUT2D eigenvalue weighted by Crippen LogP contribution is 2.25. The van der Waals surface area contributed by atoms with Crippen molar-refractivity contribution >= 4 is 17.3 Å². The summed E-state index contributed by atoms with van der Waals surface area (Å²) in [5.41, 5.74) is 7.10. The Bertz CT molecular complexity index is 612. The first-order valence-electron chi connectivity index (χ1n) is 6.34. The number of benzene rings is 1. The molecule has 3 N–H and O–H groups in total. The third kappa shape index (κ3) is 3.26. The van der Waals surface area contributed by atoms with Crippen LogP contribution in [0.15, 0.2) is 42.7 Å². The number of hydrogen-bond acceptors (Lipinski definition) is 4. The molecule has 0 saturated carbocycles. The van der Waals surface area contributed by atoms with E-state index in [9.17, 15) is 4.79 Å². The first-order valence-corrected chi connectivity index (χ1v) is 6.34. The maximum Gasteiger partial charge on any atom is 0.259 e. The molecule has 1 heterocycles. The van der Waals surface area contributed by atoms with Gasteiger partial charge in [-0.3, -0.25) is 9.78 Å². The van der Waals surface area contributed by atoms with Crippen LogP contribution < -0.4 is 15.8 Å². The van der Waals surface area contributed by atoms with E-state index in [1.807, 2.05) is 32.0 Å². The number of ether oxygens (including phenoxy) is 1. The molecule has 0 aliphatic heterocycles. The summed E-state index contributed by atoms with van der Waals surface area (Å²) < 4.78 is 5.65. The van der Waals surface area contributed by atoms with E-state index in [4.69, 9.17) is 10.5 Å². The van der Waals surface area contributed by atoms with Gasteiger partial charge in [0.05, 0.1) is 17.4 Å². The molecule has 0 saturated heterocycles. The second kappa shape index (κ2) is 6.06. The molecule has 2 rings (SSSR count). The summed E-state index contributed by atoms with van der Waals surface area (Å²) in [7, 11) is 0. The molecule has 0 aliphatic rings. The Kier molecular flexibility index (Phi) is 4.20. The van der Waals surface area contributed by atoms with Crippen LogP contribution in [0, 0.1) is 0 Å². The number of nitrogen functional groups attached to an aromatic ring is 1. The largest absolute Gasteiger partial charge is 0.489 e. The fourth-order valence-electron chi connectivity index (χ4n) is 1.71. The van der Waals surface area contributed by atoms with E-state index >= 15 is 0 Å². The number of nitrogens with two attached hydrogens (primary N) is 1. The van der Waals surface area contributed by atoms with Crippen molar-refractivity contribution in [2.45, 2.75) is 20.0 Å². The lowest BCUT2D eigenvalue weighted by Crippen LogP contribution is -2.16. The molecule has 1 amide bonds. The number of aromatic nitrogens is 1. The monoisotopic (exact) mass is 271 g/mol. The Hall–Kier alpha value is -2.56. The number of carbonyl (C=O) groups excluding carboxylic acids is 1. The molecule has 0 fully saturated rings. The van der Waals surface area contributed by atoms with Gasteiger partial charge in [0, 0.05) is 18.1 Å². The Morgan fingerprint density at radius 2 is 2.05 bits per heavy atom. The number of nitrogens with one attached hydrogen (secondary N) is 1. The van der Waals surface area contributed by atoms with Gasteiger partial charge in [0.15, 0.2) is 0 Å². The van der Waals surface area contributed by atoms with E-state index in [1.54, 1.807) is 18.3 Å². The standard InChI is InChI=1S/C15H17N3O2/c1-10(2)20-14-6-4-3-5-13(14)18-15(19)11-9-17-8-7-12(11)16/h3-10H,1-2H3,(H2,16,17)(H,18,19). The minimum Gasteiger partial charge on any atom is -0.489 e. The molecule has 0 bridgehead atoms. The molecule has 2 aromatic rings. The molecular weight excluding hydrogens is 254 g/mol. The first kappa shape index (κ1) is 13.9. The average Bonchev–Trinajstić information content (AvgIpc) is 2.41. The van der Waals surface area contributed by atoms with E-state index in [0.29, 0.717) is 22.7 Å².